The van der Waals surface area contributed by atoms with Crippen LogP contribution in [0.25, 0.3) is 0 Å². The fourth-order valence-electron chi connectivity index (χ4n) is 1.30. The monoisotopic (exact) mass is 299 g/mol. The number of imidazole rings is 1. The number of aromatic nitrogens is 2. The highest BCUT2D eigenvalue weighted by Gasteiger charge is 2.15. The molecule has 0 aliphatic carbocycles. The van der Waals surface area contributed by atoms with Crippen LogP contribution in [-0.4, -0.2) is 15.9 Å². The van der Waals surface area contributed by atoms with Crippen LogP contribution in [-0.2, 0) is 0 Å². The Morgan fingerprint density at radius 1 is 1.69 bits per heavy atom. The molecule has 0 bridgehead atoms. The van der Waals surface area contributed by atoms with Gasteiger partial charge in [0.25, 0.3) is 5.91 Å². The maximum Gasteiger partial charge on any atom is 0.263 e. The molecule has 2 heterocycles. The van der Waals surface area contributed by atoms with Gasteiger partial charge in [0, 0.05) is 16.9 Å². The van der Waals surface area contributed by atoms with Crippen LogP contribution in [0.3, 0.4) is 0 Å². The highest BCUT2D eigenvalue weighted by molar-refractivity contribution is 9.10. The Morgan fingerprint density at radius 3 is 3.06 bits per heavy atom. The molecular weight excluding hydrogens is 290 g/mol. The molecule has 0 radical (unpaired) electrons. The third-order valence-electron chi connectivity index (χ3n) is 2.10. The number of nitrogens with one attached hydrogen (secondary N) is 2. The normalized spacial score (nSPS) is 12.4. The number of halogens is 1. The smallest absolute Gasteiger partial charge is 0.263 e. The molecule has 2 aromatic heterocycles. The van der Waals surface area contributed by atoms with Crippen LogP contribution >= 0.6 is 27.3 Å². The average Bonchev–Trinajstić information content (AvgIpc) is 2.86. The van der Waals surface area contributed by atoms with Crippen molar-refractivity contribution in [2.24, 2.45) is 0 Å². The van der Waals surface area contributed by atoms with Crippen LogP contribution in [0.15, 0.2) is 28.3 Å². The largest absolute Gasteiger partial charge is 0.347 e. The van der Waals surface area contributed by atoms with Crippen LogP contribution in [0.1, 0.15) is 28.5 Å². The van der Waals surface area contributed by atoms with Crippen LogP contribution in [0.4, 0.5) is 0 Å². The number of nitrogens with zero attached hydrogens (tertiary/aromatic N) is 1. The molecule has 2 N–H and O–H groups in total. The van der Waals surface area contributed by atoms with E-state index in [1.54, 1.807) is 12.4 Å². The van der Waals surface area contributed by atoms with E-state index in [1.807, 2.05) is 18.4 Å². The van der Waals surface area contributed by atoms with Crippen molar-refractivity contribution in [2.45, 2.75) is 13.0 Å². The summed E-state index contributed by atoms with van der Waals surface area (Å²) in [5.74, 6) is 0.659. The van der Waals surface area contributed by atoms with Crippen molar-refractivity contribution in [3.05, 3.63) is 39.0 Å². The maximum atomic E-state index is 11.9. The number of rotatable bonds is 3. The van der Waals surface area contributed by atoms with Gasteiger partial charge in [-0.25, -0.2) is 4.98 Å². The number of thiophene rings is 1. The molecule has 2 aromatic rings. The Kier molecular flexibility index (Phi) is 3.40. The van der Waals surface area contributed by atoms with E-state index >= 15 is 0 Å². The van der Waals surface area contributed by atoms with E-state index in [0.29, 0.717) is 4.88 Å². The first-order valence-corrected chi connectivity index (χ1v) is 6.39. The molecule has 1 unspecified atom stereocenters. The van der Waals surface area contributed by atoms with Crippen molar-refractivity contribution in [1.29, 1.82) is 0 Å². The predicted molar refractivity (Wildman–Crippen MR) is 66.5 cm³/mol. The fourth-order valence-corrected chi connectivity index (χ4v) is 2.75. The van der Waals surface area contributed by atoms with Gasteiger partial charge in [-0.05, 0) is 34.3 Å². The summed E-state index contributed by atoms with van der Waals surface area (Å²) in [5.41, 5.74) is 0. The van der Waals surface area contributed by atoms with Crippen molar-refractivity contribution in [2.75, 3.05) is 0 Å². The molecule has 0 saturated heterocycles. The van der Waals surface area contributed by atoms with Gasteiger partial charge in [-0.3, -0.25) is 4.79 Å². The van der Waals surface area contributed by atoms with Gasteiger partial charge < -0.3 is 10.3 Å². The first-order chi connectivity index (χ1) is 7.68. The number of hydrogen-bond acceptors (Lipinski definition) is 3. The second-order valence-electron chi connectivity index (χ2n) is 3.27. The van der Waals surface area contributed by atoms with Gasteiger partial charge in [-0.1, -0.05) is 0 Å². The molecule has 4 nitrogen and oxygen atoms in total. The topological polar surface area (TPSA) is 57.8 Å². The van der Waals surface area contributed by atoms with Gasteiger partial charge in [-0.2, -0.15) is 0 Å². The molecule has 1 atom stereocenters. The van der Waals surface area contributed by atoms with Crippen LogP contribution < -0.4 is 5.32 Å². The number of hydrogen-bond donors (Lipinski definition) is 2. The van der Waals surface area contributed by atoms with E-state index in [-0.39, 0.29) is 11.9 Å². The van der Waals surface area contributed by atoms with Crippen LogP contribution in [0, 0.1) is 0 Å². The van der Waals surface area contributed by atoms with E-state index in [1.165, 1.54) is 11.3 Å². The third-order valence-corrected chi connectivity index (χ3v) is 3.94. The molecule has 0 saturated carbocycles. The van der Waals surface area contributed by atoms with Crippen LogP contribution in [0.2, 0.25) is 0 Å². The van der Waals surface area contributed by atoms with Crippen molar-refractivity contribution >= 4 is 33.2 Å². The summed E-state index contributed by atoms with van der Waals surface area (Å²) in [7, 11) is 0. The van der Waals surface area contributed by atoms with E-state index in [4.69, 9.17) is 0 Å². The molecule has 84 valence electrons. The lowest BCUT2D eigenvalue weighted by atomic mass is 10.3. The van der Waals surface area contributed by atoms with Gasteiger partial charge in [0.2, 0.25) is 0 Å². The zero-order valence-corrected chi connectivity index (χ0v) is 10.9. The number of H-pyrrole nitrogens is 1. The first kappa shape index (κ1) is 11.3. The zero-order chi connectivity index (χ0) is 11.5. The lowest BCUT2D eigenvalue weighted by molar-refractivity contribution is 0.0942. The molecular formula is C10H10BrN3OS. The van der Waals surface area contributed by atoms with Gasteiger partial charge >= 0.3 is 0 Å². The van der Waals surface area contributed by atoms with E-state index in [2.05, 4.69) is 31.2 Å². The molecule has 6 heteroatoms. The predicted octanol–water partition coefficient (Wildman–Crippen LogP) is 2.72. The van der Waals surface area contributed by atoms with Gasteiger partial charge in [0.15, 0.2) is 0 Å². The minimum atomic E-state index is -0.128. The summed E-state index contributed by atoms with van der Waals surface area (Å²) in [6.07, 6.45) is 3.40. The Morgan fingerprint density at radius 2 is 2.50 bits per heavy atom. The summed E-state index contributed by atoms with van der Waals surface area (Å²) in [6, 6.07) is 1.73. The second kappa shape index (κ2) is 4.80. The number of aromatic amines is 1. The summed E-state index contributed by atoms with van der Waals surface area (Å²) in [4.78, 5) is 19.6. The lowest BCUT2D eigenvalue weighted by Gasteiger charge is -2.10. The van der Waals surface area contributed by atoms with Crippen molar-refractivity contribution in [3.63, 3.8) is 0 Å². The highest BCUT2D eigenvalue weighted by Crippen LogP contribution is 2.23. The Balaban J connectivity index is 2.06. The Hall–Kier alpha value is -1.14. The zero-order valence-electron chi connectivity index (χ0n) is 8.53. The van der Waals surface area contributed by atoms with Gasteiger partial charge in [0.1, 0.15) is 10.7 Å². The summed E-state index contributed by atoms with van der Waals surface area (Å²) in [5, 5.41) is 4.74. The molecule has 2 rings (SSSR count). The summed E-state index contributed by atoms with van der Waals surface area (Å²) >= 11 is 4.74. The molecule has 0 aliphatic heterocycles. The van der Waals surface area contributed by atoms with Crippen molar-refractivity contribution in [3.8, 4) is 0 Å². The minimum Gasteiger partial charge on any atom is -0.347 e. The SMILES string of the molecule is CC(NC(=O)c1sccc1Br)c1ncc[nH]1. The maximum absolute atomic E-state index is 11.9. The standard InChI is InChI=1S/C10H10BrN3OS/c1-6(9-12-3-4-13-9)14-10(15)8-7(11)2-5-16-8/h2-6H,1H3,(H,12,13)(H,14,15). The summed E-state index contributed by atoms with van der Waals surface area (Å²) in [6.45, 7) is 1.89. The molecule has 0 aromatic carbocycles. The molecule has 16 heavy (non-hydrogen) atoms. The third kappa shape index (κ3) is 2.33. The van der Waals surface area contributed by atoms with Gasteiger partial charge in [-0.15, -0.1) is 11.3 Å². The molecule has 0 spiro atoms. The van der Waals surface area contributed by atoms with Crippen molar-refractivity contribution < 1.29 is 4.79 Å². The first-order valence-electron chi connectivity index (χ1n) is 4.71. The van der Waals surface area contributed by atoms with E-state index < -0.39 is 0 Å². The minimum absolute atomic E-state index is 0.0919. The van der Waals surface area contributed by atoms with E-state index in [0.717, 1.165) is 10.3 Å². The highest BCUT2D eigenvalue weighted by atomic mass is 79.9. The second-order valence-corrected chi connectivity index (χ2v) is 5.04. The molecule has 0 fully saturated rings. The van der Waals surface area contributed by atoms with Gasteiger partial charge in [0.05, 0.1) is 6.04 Å². The molecule has 0 aliphatic rings. The van der Waals surface area contributed by atoms with E-state index in [9.17, 15) is 4.79 Å². The molecule has 1 amide bonds. The quantitative estimate of drug-likeness (QED) is 0.915. The van der Waals surface area contributed by atoms with Crippen LogP contribution in [0.5, 0.6) is 0 Å². The Bertz CT molecular complexity index is 480. The number of amides is 1. The number of carbonyl (C=O) groups is 1. The average molecular weight is 300 g/mol. The fraction of sp³-hybridized carbons (Fsp3) is 0.200. The Labute approximate surface area is 105 Å². The number of carbonyl (C=O) groups excluding carboxylic acids is 1. The summed E-state index contributed by atoms with van der Waals surface area (Å²) < 4.78 is 0.821. The lowest BCUT2D eigenvalue weighted by Crippen LogP contribution is -2.26. The van der Waals surface area contributed by atoms with Crippen molar-refractivity contribution in [1.82, 2.24) is 15.3 Å².